The summed E-state index contributed by atoms with van der Waals surface area (Å²) >= 11 is 0. The van der Waals surface area contributed by atoms with Crippen LogP contribution in [-0.2, 0) is 13.2 Å². The van der Waals surface area contributed by atoms with E-state index in [0.717, 1.165) is 36.9 Å². The first kappa shape index (κ1) is 16.3. The molecule has 0 radical (unpaired) electrons. The Labute approximate surface area is 133 Å². The third-order valence-corrected chi connectivity index (χ3v) is 4.91. The molecule has 8 heteroatoms. The predicted molar refractivity (Wildman–Crippen MR) is 77.9 cm³/mol. The number of aromatic nitrogens is 2. The van der Waals surface area contributed by atoms with E-state index in [-0.39, 0.29) is 17.6 Å². The number of rotatable bonds is 2. The molecule has 0 saturated carbocycles. The lowest BCUT2D eigenvalue weighted by molar-refractivity contribution is -0.141. The third-order valence-electron chi connectivity index (χ3n) is 4.91. The second-order valence-corrected chi connectivity index (χ2v) is 6.46. The Morgan fingerprint density at radius 3 is 2.43 bits per heavy atom. The maximum atomic E-state index is 13.1. The van der Waals surface area contributed by atoms with Gasteiger partial charge in [0.2, 0.25) is 0 Å². The summed E-state index contributed by atoms with van der Waals surface area (Å²) < 4.78 is 40.4. The number of aryl methyl sites for hydroxylation is 1. The van der Waals surface area contributed by atoms with Crippen LogP contribution < -0.4 is 0 Å². The number of alkyl halides is 3. The molecule has 2 aliphatic heterocycles. The molecule has 0 aliphatic carbocycles. The van der Waals surface area contributed by atoms with E-state index in [4.69, 9.17) is 0 Å². The van der Waals surface area contributed by atoms with Crippen molar-refractivity contribution in [2.24, 2.45) is 7.05 Å². The van der Waals surface area contributed by atoms with E-state index in [2.05, 4.69) is 10.00 Å². The minimum absolute atomic E-state index is 0.00344. The van der Waals surface area contributed by atoms with Gasteiger partial charge in [-0.3, -0.25) is 9.48 Å². The van der Waals surface area contributed by atoms with Crippen molar-refractivity contribution in [3.63, 3.8) is 0 Å². The van der Waals surface area contributed by atoms with E-state index in [9.17, 15) is 18.0 Å². The van der Waals surface area contributed by atoms with Gasteiger partial charge in [0, 0.05) is 31.9 Å². The molecule has 0 N–H and O–H groups in total. The first-order valence-corrected chi connectivity index (χ1v) is 7.91. The molecule has 1 amide bonds. The Morgan fingerprint density at radius 2 is 1.83 bits per heavy atom. The highest BCUT2D eigenvalue weighted by atomic mass is 19.4. The molecule has 23 heavy (non-hydrogen) atoms. The van der Waals surface area contributed by atoms with Gasteiger partial charge in [-0.1, -0.05) is 0 Å². The number of likely N-dealkylation sites (N-methyl/N-ethyl adjacent to an activating group) is 1. The molecule has 0 spiro atoms. The zero-order valence-corrected chi connectivity index (χ0v) is 13.3. The van der Waals surface area contributed by atoms with E-state index in [0.29, 0.717) is 6.54 Å². The highest BCUT2D eigenvalue weighted by molar-refractivity contribution is 5.95. The molecule has 0 unspecified atom stereocenters. The monoisotopic (exact) mass is 330 g/mol. The zero-order chi connectivity index (χ0) is 16.8. The standard InChI is InChI=1S/C15H21F3N4O/c1-20-7-3-5-11(20)12-6-4-8-22(12)14(23)10-9-21(2)19-13(10)15(16,17)18/h9,11-12H,3-8H2,1-2H3/t11-,12+/m1/s1. The number of amides is 1. The highest BCUT2D eigenvalue weighted by Crippen LogP contribution is 2.34. The van der Waals surface area contributed by atoms with Crippen molar-refractivity contribution < 1.29 is 18.0 Å². The fourth-order valence-corrected chi connectivity index (χ4v) is 3.88. The molecule has 0 aromatic carbocycles. The van der Waals surface area contributed by atoms with Crippen LogP contribution in [0.25, 0.3) is 0 Å². The minimum Gasteiger partial charge on any atom is -0.334 e. The Balaban J connectivity index is 1.88. The lowest BCUT2D eigenvalue weighted by Gasteiger charge is -2.33. The van der Waals surface area contributed by atoms with Gasteiger partial charge in [0.1, 0.15) is 0 Å². The number of likely N-dealkylation sites (tertiary alicyclic amines) is 2. The van der Waals surface area contributed by atoms with Crippen LogP contribution in [0.1, 0.15) is 41.7 Å². The Kier molecular flexibility index (Phi) is 4.12. The first-order chi connectivity index (χ1) is 10.8. The Morgan fingerprint density at radius 1 is 1.17 bits per heavy atom. The molecule has 2 aliphatic rings. The summed E-state index contributed by atoms with van der Waals surface area (Å²) in [7, 11) is 3.42. The highest BCUT2D eigenvalue weighted by Gasteiger charge is 2.43. The second-order valence-electron chi connectivity index (χ2n) is 6.46. The topological polar surface area (TPSA) is 41.4 Å². The molecule has 2 fully saturated rings. The van der Waals surface area contributed by atoms with Crippen molar-refractivity contribution in [1.29, 1.82) is 0 Å². The van der Waals surface area contributed by atoms with Crippen molar-refractivity contribution in [2.75, 3.05) is 20.1 Å². The van der Waals surface area contributed by atoms with Crippen LogP contribution in [0.15, 0.2) is 6.20 Å². The van der Waals surface area contributed by atoms with E-state index >= 15 is 0 Å². The summed E-state index contributed by atoms with van der Waals surface area (Å²) in [4.78, 5) is 16.6. The molecule has 3 heterocycles. The van der Waals surface area contributed by atoms with Crippen LogP contribution in [-0.4, -0.2) is 57.7 Å². The molecular weight excluding hydrogens is 309 g/mol. The summed E-state index contributed by atoms with van der Waals surface area (Å²) in [6, 6.07) is 0.240. The molecule has 1 aromatic rings. The van der Waals surface area contributed by atoms with Gasteiger partial charge >= 0.3 is 6.18 Å². The smallest absolute Gasteiger partial charge is 0.334 e. The van der Waals surface area contributed by atoms with Gasteiger partial charge in [-0.25, -0.2) is 0 Å². The van der Waals surface area contributed by atoms with Gasteiger partial charge in [-0.15, -0.1) is 0 Å². The Hall–Kier alpha value is -1.57. The first-order valence-electron chi connectivity index (χ1n) is 7.91. The van der Waals surface area contributed by atoms with E-state index in [1.807, 2.05) is 7.05 Å². The Bertz CT molecular complexity index is 598. The number of carbonyl (C=O) groups excluding carboxylic acids is 1. The van der Waals surface area contributed by atoms with Crippen LogP contribution in [0.4, 0.5) is 13.2 Å². The van der Waals surface area contributed by atoms with Crippen molar-refractivity contribution in [3.8, 4) is 0 Å². The van der Waals surface area contributed by atoms with Gasteiger partial charge < -0.3 is 9.80 Å². The van der Waals surface area contributed by atoms with Crippen molar-refractivity contribution in [2.45, 2.75) is 43.9 Å². The molecule has 2 atom stereocenters. The fourth-order valence-electron chi connectivity index (χ4n) is 3.88. The summed E-state index contributed by atoms with van der Waals surface area (Å²) in [6.07, 6.45) is 0.305. The molecular formula is C15H21F3N4O. The van der Waals surface area contributed by atoms with Gasteiger partial charge in [-0.05, 0) is 39.3 Å². The zero-order valence-electron chi connectivity index (χ0n) is 13.3. The molecule has 5 nitrogen and oxygen atoms in total. The average molecular weight is 330 g/mol. The molecule has 2 saturated heterocycles. The quantitative estimate of drug-likeness (QED) is 0.834. The molecule has 128 valence electrons. The number of carbonyl (C=O) groups is 1. The van der Waals surface area contributed by atoms with Crippen molar-refractivity contribution in [1.82, 2.24) is 19.6 Å². The van der Waals surface area contributed by atoms with Gasteiger partial charge in [0.15, 0.2) is 5.69 Å². The number of nitrogens with zero attached hydrogens (tertiary/aromatic N) is 4. The van der Waals surface area contributed by atoms with Crippen LogP contribution in [0, 0.1) is 0 Å². The van der Waals surface area contributed by atoms with E-state index in [1.165, 1.54) is 13.2 Å². The maximum Gasteiger partial charge on any atom is 0.435 e. The van der Waals surface area contributed by atoms with E-state index in [1.54, 1.807) is 4.90 Å². The minimum atomic E-state index is -4.62. The van der Waals surface area contributed by atoms with Gasteiger partial charge in [0.05, 0.1) is 5.56 Å². The lowest BCUT2D eigenvalue weighted by atomic mass is 10.0. The van der Waals surface area contributed by atoms with Crippen molar-refractivity contribution in [3.05, 3.63) is 17.5 Å². The van der Waals surface area contributed by atoms with E-state index < -0.39 is 17.8 Å². The summed E-state index contributed by atoms with van der Waals surface area (Å²) in [5.74, 6) is -0.548. The van der Waals surface area contributed by atoms with Gasteiger partial charge in [0.25, 0.3) is 5.91 Å². The normalized spacial score (nSPS) is 26.2. The second kappa shape index (κ2) is 5.81. The van der Waals surface area contributed by atoms with Crippen molar-refractivity contribution >= 4 is 5.91 Å². The summed E-state index contributed by atoms with van der Waals surface area (Å²) in [5, 5.41) is 3.45. The molecule has 0 bridgehead atoms. The fraction of sp³-hybridized carbons (Fsp3) is 0.733. The van der Waals surface area contributed by atoms with Gasteiger partial charge in [-0.2, -0.15) is 18.3 Å². The third kappa shape index (κ3) is 2.96. The van der Waals surface area contributed by atoms with Crippen LogP contribution in [0.5, 0.6) is 0 Å². The average Bonchev–Trinajstić information content (AvgIpc) is 3.15. The number of hydrogen-bond donors (Lipinski definition) is 0. The predicted octanol–water partition coefficient (Wildman–Crippen LogP) is 2.14. The molecule has 1 aromatic heterocycles. The SMILES string of the molecule is CN1CCC[C@@H]1[C@@H]1CCCN1C(=O)c1cn(C)nc1C(F)(F)F. The molecule has 3 rings (SSSR count). The van der Waals surface area contributed by atoms with Crippen LogP contribution in [0.3, 0.4) is 0 Å². The summed E-state index contributed by atoms with van der Waals surface area (Å²) in [5.41, 5.74) is -1.43. The maximum absolute atomic E-state index is 13.1. The number of hydrogen-bond acceptors (Lipinski definition) is 3. The van der Waals surface area contributed by atoms with Crippen LogP contribution >= 0.6 is 0 Å². The lowest BCUT2D eigenvalue weighted by Crippen LogP contribution is -2.47. The summed E-state index contributed by atoms with van der Waals surface area (Å²) in [6.45, 7) is 1.49. The largest absolute Gasteiger partial charge is 0.435 e. The number of halogens is 3. The van der Waals surface area contributed by atoms with Crippen LogP contribution in [0.2, 0.25) is 0 Å².